The van der Waals surface area contributed by atoms with Crippen molar-refractivity contribution in [1.29, 1.82) is 0 Å². The summed E-state index contributed by atoms with van der Waals surface area (Å²) in [5.41, 5.74) is 4.91. The van der Waals surface area contributed by atoms with Gasteiger partial charge in [-0.15, -0.1) is 0 Å². The highest BCUT2D eigenvalue weighted by atomic mass is 19.4. The van der Waals surface area contributed by atoms with Crippen LogP contribution in [0.15, 0.2) is 24.4 Å². The first-order valence-corrected chi connectivity index (χ1v) is 9.28. The summed E-state index contributed by atoms with van der Waals surface area (Å²) in [6.45, 7) is 10.2. The van der Waals surface area contributed by atoms with Crippen LogP contribution in [0.25, 0.3) is 11.4 Å². The van der Waals surface area contributed by atoms with Crippen molar-refractivity contribution in [2.75, 3.05) is 6.61 Å². The van der Waals surface area contributed by atoms with Gasteiger partial charge in [-0.2, -0.15) is 13.2 Å². The summed E-state index contributed by atoms with van der Waals surface area (Å²) in [6.07, 6.45) is -3.16. The second kappa shape index (κ2) is 9.82. The van der Waals surface area contributed by atoms with Crippen LogP contribution in [0.1, 0.15) is 45.6 Å². The normalized spacial score (nSPS) is 13.5. The summed E-state index contributed by atoms with van der Waals surface area (Å²) in [7, 11) is 0. The third kappa shape index (κ3) is 6.15. The second-order valence-electron chi connectivity index (χ2n) is 6.81. The van der Waals surface area contributed by atoms with E-state index in [4.69, 9.17) is 10.5 Å². The van der Waals surface area contributed by atoms with E-state index in [0.717, 1.165) is 0 Å². The van der Waals surface area contributed by atoms with Gasteiger partial charge in [-0.25, -0.2) is 15.0 Å². The molecule has 2 aromatic heterocycles. The molecule has 1 unspecified atom stereocenters. The Bertz CT molecular complexity index is 765. The average Bonchev–Trinajstić information content (AvgIpc) is 2.61. The molecule has 2 N–H and O–H groups in total. The Kier molecular flexibility index (Phi) is 8.35. The van der Waals surface area contributed by atoms with Gasteiger partial charge in [0, 0.05) is 6.20 Å². The number of nitrogens with two attached hydrogens (primary N) is 1. The number of nitrogens with zero attached hydrogens (tertiary/aromatic N) is 3. The van der Waals surface area contributed by atoms with E-state index in [1.165, 1.54) is 0 Å². The van der Waals surface area contributed by atoms with E-state index < -0.39 is 18.3 Å². The van der Waals surface area contributed by atoms with Crippen molar-refractivity contribution in [3.63, 3.8) is 0 Å². The highest BCUT2D eigenvalue weighted by Gasteiger charge is 2.52. The maximum Gasteiger partial charge on any atom is 0.409 e. The van der Waals surface area contributed by atoms with Crippen molar-refractivity contribution in [3.8, 4) is 17.1 Å². The second-order valence-corrected chi connectivity index (χ2v) is 6.81. The number of aromatic nitrogens is 3. The van der Waals surface area contributed by atoms with Crippen molar-refractivity contribution >= 4 is 0 Å². The third-order valence-corrected chi connectivity index (χ3v) is 3.90. The van der Waals surface area contributed by atoms with E-state index in [9.17, 15) is 13.2 Å². The lowest BCUT2D eigenvalue weighted by Crippen LogP contribution is -2.58. The fourth-order valence-corrected chi connectivity index (χ4v) is 2.63. The highest BCUT2D eigenvalue weighted by Crippen LogP contribution is 2.34. The molecule has 0 saturated heterocycles. The van der Waals surface area contributed by atoms with Crippen molar-refractivity contribution in [2.45, 2.75) is 59.7 Å². The molecule has 0 amide bonds. The summed E-state index contributed by atoms with van der Waals surface area (Å²) < 4.78 is 45.5. The molecule has 156 valence electrons. The highest BCUT2D eigenvalue weighted by molar-refractivity contribution is 5.55. The molecule has 2 rings (SSSR count). The van der Waals surface area contributed by atoms with Crippen molar-refractivity contribution in [1.82, 2.24) is 15.0 Å². The molecular weight excluding hydrogens is 369 g/mol. The number of pyridine rings is 1. The van der Waals surface area contributed by atoms with Crippen LogP contribution in [0.5, 0.6) is 5.75 Å². The maximum absolute atomic E-state index is 13.4. The average molecular weight is 398 g/mol. The molecule has 5 nitrogen and oxygen atoms in total. The van der Waals surface area contributed by atoms with Crippen LogP contribution in [-0.2, 0) is 0 Å². The van der Waals surface area contributed by atoms with Gasteiger partial charge in [-0.3, -0.25) is 0 Å². The number of rotatable bonds is 6. The topological polar surface area (TPSA) is 73.9 Å². The zero-order chi connectivity index (χ0) is 21.5. The molecule has 0 radical (unpaired) electrons. The predicted molar refractivity (Wildman–Crippen MR) is 104 cm³/mol. The lowest BCUT2D eigenvalue weighted by molar-refractivity contribution is -0.197. The first-order chi connectivity index (χ1) is 13.0. The number of aryl methyl sites for hydroxylation is 2. The van der Waals surface area contributed by atoms with Crippen molar-refractivity contribution in [2.24, 2.45) is 11.7 Å². The minimum Gasteiger partial charge on any atom is -0.489 e. The van der Waals surface area contributed by atoms with Gasteiger partial charge in [0.05, 0.1) is 17.1 Å². The standard InChI is InChI=1S/C18H23F3N4O.C2H6/c1-11(2)9-17(22,18(19,20)21)10-26-16-6-5-14(24-12(16)3)15-7-8-23-13(4)25-15;1-2/h5-8,11H,9-10,22H2,1-4H3;1-2H3. The third-order valence-electron chi connectivity index (χ3n) is 3.90. The van der Waals surface area contributed by atoms with E-state index >= 15 is 0 Å². The van der Waals surface area contributed by atoms with Crippen LogP contribution in [0.3, 0.4) is 0 Å². The number of alkyl halides is 3. The molecule has 0 aliphatic carbocycles. The quantitative estimate of drug-likeness (QED) is 0.752. The lowest BCUT2D eigenvalue weighted by atomic mass is 9.90. The minimum atomic E-state index is -4.56. The minimum absolute atomic E-state index is 0.215. The van der Waals surface area contributed by atoms with Gasteiger partial charge < -0.3 is 10.5 Å². The predicted octanol–water partition coefficient (Wildman–Crippen LogP) is 4.87. The summed E-state index contributed by atoms with van der Waals surface area (Å²) in [5, 5.41) is 0. The van der Waals surface area contributed by atoms with Gasteiger partial charge >= 0.3 is 6.18 Å². The van der Waals surface area contributed by atoms with Crippen LogP contribution in [-0.4, -0.2) is 33.3 Å². The number of hydrogen-bond donors (Lipinski definition) is 1. The van der Waals surface area contributed by atoms with Gasteiger partial charge in [-0.1, -0.05) is 27.7 Å². The molecule has 0 aliphatic heterocycles. The fraction of sp³-hybridized carbons (Fsp3) is 0.550. The van der Waals surface area contributed by atoms with Gasteiger partial charge in [0.1, 0.15) is 23.7 Å². The first kappa shape index (κ1) is 23.8. The van der Waals surface area contributed by atoms with Crippen LogP contribution in [0.4, 0.5) is 13.2 Å². The van der Waals surface area contributed by atoms with Gasteiger partial charge in [0.15, 0.2) is 0 Å². The van der Waals surface area contributed by atoms with Crippen LogP contribution in [0.2, 0.25) is 0 Å². The molecule has 0 spiro atoms. The van der Waals surface area contributed by atoms with Crippen LogP contribution < -0.4 is 10.5 Å². The summed E-state index contributed by atoms with van der Waals surface area (Å²) in [4.78, 5) is 12.7. The van der Waals surface area contributed by atoms with E-state index in [1.807, 2.05) is 13.8 Å². The molecule has 2 aromatic rings. The van der Waals surface area contributed by atoms with Gasteiger partial charge in [0.25, 0.3) is 0 Å². The number of hydrogen-bond acceptors (Lipinski definition) is 5. The summed E-state index contributed by atoms with van der Waals surface area (Å²) >= 11 is 0. The maximum atomic E-state index is 13.4. The van der Waals surface area contributed by atoms with Crippen molar-refractivity contribution in [3.05, 3.63) is 35.9 Å². The molecule has 2 heterocycles. The van der Waals surface area contributed by atoms with E-state index in [0.29, 0.717) is 22.9 Å². The van der Waals surface area contributed by atoms with E-state index in [1.54, 1.807) is 52.1 Å². The van der Waals surface area contributed by atoms with Crippen LogP contribution >= 0.6 is 0 Å². The Morgan fingerprint density at radius 1 is 1.04 bits per heavy atom. The monoisotopic (exact) mass is 398 g/mol. The Balaban J connectivity index is 0.00000190. The van der Waals surface area contributed by atoms with Crippen molar-refractivity contribution < 1.29 is 17.9 Å². The SMILES string of the molecule is CC.Cc1nccc(-c2ccc(OCC(N)(CC(C)C)C(F)(F)F)c(C)n2)n1. The molecule has 0 fully saturated rings. The van der Waals surface area contributed by atoms with Gasteiger partial charge in [-0.05, 0) is 44.4 Å². The first-order valence-electron chi connectivity index (χ1n) is 9.28. The summed E-state index contributed by atoms with van der Waals surface area (Å²) in [6, 6.07) is 4.95. The number of halogens is 3. The Morgan fingerprint density at radius 3 is 2.14 bits per heavy atom. The fourth-order valence-electron chi connectivity index (χ4n) is 2.63. The zero-order valence-corrected chi connectivity index (χ0v) is 17.3. The molecule has 0 aliphatic rings. The smallest absolute Gasteiger partial charge is 0.409 e. The summed E-state index contributed by atoms with van der Waals surface area (Å²) in [5.74, 6) is 0.657. The Morgan fingerprint density at radius 2 is 1.64 bits per heavy atom. The molecular formula is C20H29F3N4O. The van der Waals surface area contributed by atoms with E-state index in [2.05, 4.69) is 15.0 Å². The zero-order valence-electron chi connectivity index (χ0n) is 17.3. The Labute approximate surface area is 164 Å². The molecule has 8 heteroatoms. The number of ether oxygens (including phenoxy) is 1. The molecule has 0 bridgehead atoms. The molecule has 1 atom stereocenters. The molecule has 0 saturated carbocycles. The Hall–Kier alpha value is -2.22. The molecule has 0 aromatic carbocycles. The van der Waals surface area contributed by atoms with Gasteiger partial charge in [0.2, 0.25) is 0 Å². The van der Waals surface area contributed by atoms with Crippen LogP contribution in [0, 0.1) is 19.8 Å². The molecule has 28 heavy (non-hydrogen) atoms. The van der Waals surface area contributed by atoms with E-state index in [-0.39, 0.29) is 18.1 Å². The largest absolute Gasteiger partial charge is 0.489 e. The lowest BCUT2D eigenvalue weighted by Gasteiger charge is -2.33.